The third-order valence-electron chi connectivity index (χ3n) is 6.90. The Labute approximate surface area is 178 Å². The Bertz CT molecular complexity index is 929. The summed E-state index contributed by atoms with van der Waals surface area (Å²) in [6.07, 6.45) is 5.84. The Balaban J connectivity index is 1.31. The number of amides is 2. The Morgan fingerprint density at radius 1 is 0.833 bits per heavy atom. The van der Waals surface area contributed by atoms with E-state index in [2.05, 4.69) is 17.0 Å². The molecule has 5 rings (SSSR count). The van der Waals surface area contributed by atoms with Crippen LogP contribution in [0.15, 0.2) is 48.5 Å². The molecule has 0 N–H and O–H groups in total. The van der Waals surface area contributed by atoms with E-state index < -0.39 is 0 Å². The second-order valence-corrected chi connectivity index (χ2v) is 8.68. The molecule has 0 radical (unpaired) electrons. The molecule has 156 valence electrons. The zero-order valence-electron chi connectivity index (χ0n) is 17.4. The molecule has 2 fully saturated rings. The molecule has 0 atom stereocenters. The fourth-order valence-corrected chi connectivity index (χ4v) is 5.23. The smallest absolute Gasteiger partial charge is 0.255 e. The van der Waals surface area contributed by atoms with Gasteiger partial charge in [-0.25, -0.2) is 0 Å². The predicted molar refractivity (Wildman–Crippen MR) is 118 cm³/mol. The van der Waals surface area contributed by atoms with Crippen molar-refractivity contribution in [3.8, 4) is 0 Å². The molecule has 30 heavy (non-hydrogen) atoms. The van der Waals surface area contributed by atoms with E-state index >= 15 is 0 Å². The van der Waals surface area contributed by atoms with E-state index in [1.807, 2.05) is 46.2 Å². The first kappa shape index (κ1) is 19.2. The number of hydrogen-bond donors (Lipinski definition) is 0. The topological polar surface area (TPSA) is 43.9 Å². The second kappa shape index (κ2) is 8.13. The highest BCUT2D eigenvalue weighted by Gasteiger charge is 2.37. The summed E-state index contributed by atoms with van der Waals surface area (Å²) in [6.45, 7) is 3.64. The van der Waals surface area contributed by atoms with Crippen LogP contribution in [-0.4, -0.2) is 53.8 Å². The van der Waals surface area contributed by atoms with E-state index in [1.165, 1.54) is 24.9 Å². The van der Waals surface area contributed by atoms with Crippen LogP contribution in [0.2, 0.25) is 0 Å². The zero-order valence-corrected chi connectivity index (χ0v) is 17.4. The van der Waals surface area contributed by atoms with Gasteiger partial charge in [0.2, 0.25) is 0 Å². The Morgan fingerprint density at radius 3 is 2.30 bits per heavy atom. The molecule has 2 amide bonds. The highest BCUT2D eigenvalue weighted by molar-refractivity contribution is 6.09. The van der Waals surface area contributed by atoms with Crippen molar-refractivity contribution in [2.45, 2.75) is 44.7 Å². The molecule has 0 spiro atoms. The van der Waals surface area contributed by atoms with Gasteiger partial charge in [-0.2, -0.15) is 0 Å². The molecule has 1 saturated carbocycles. The van der Waals surface area contributed by atoms with Gasteiger partial charge in [0, 0.05) is 44.5 Å². The molecule has 2 aromatic rings. The van der Waals surface area contributed by atoms with Gasteiger partial charge in [0.05, 0.1) is 11.1 Å². The summed E-state index contributed by atoms with van der Waals surface area (Å²) in [7, 11) is 0. The Morgan fingerprint density at radius 2 is 1.57 bits per heavy atom. The summed E-state index contributed by atoms with van der Waals surface area (Å²) in [6, 6.07) is 16.5. The first-order chi connectivity index (χ1) is 14.7. The summed E-state index contributed by atoms with van der Waals surface area (Å²) in [5.41, 5.74) is 3.45. The number of nitrogens with zero attached hydrogens (tertiary/aromatic N) is 3. The average Bonchev–Trinajstić information content (AvgIpc) is 3.16. The first-order valence-corrected chi connectivity index (χ1v) is 11.2. The molecule has 5 nitrogen and oxygen atoms in total. The average molecular weight is 404 g/mol. The van der Waals surface area contributed by atoms with Gasteiger partial charge in [-0.3, -0.25) is 9.59 Å². The van der Waals surface area contributed by atoms with Crippen LogP contribution in [0.3, 0.4) is 0 Å². The third kappa shape index (κ3) is 3.47. The van der Waals surface area contributed by atoms with Crippen LogP contribution in [0.1, 0.15) is 58.4 Å². The van der Waals surface area contributed by atoms with Crippen molar-refractivity contribution in [1.82, 2.24) is 9.80 Å². The molecule has 3 aliphatic rings. The van der Waals surface area contributed by atoms with Crippen LogP contribution < -0.4 is 4.90 Å². The molecule has 2 heterocycles. The van der Waals surface area contributed by atoms with Crippen molar-refractivity contribution >= 4 is 17.5 Å². The largest absolute Gasteiger partial charge is 0.368 e. The molecule has 0 bridgehead atoms. The van der Waals surface area contributed by atoms with Crippen molar-refractivity contribution in [3.05, 3.63) is 65.2 Å². The lowest BCUT2D eigenvalue weighted by molar-refractivity contribution is 0.0648. The van der Waals surface area contributed by atoms with Crippen LogP contribution >= 0.6 is 0 Å². The number of fused-ring (bicyclic) bond motifs is 1. The maximum atomic E-state index is 13.4. The molecule has 0 aromatic heterocycles. The van der Waals surface area contributed by atoms with Crippen molar-refractivity contribution in [1.29, 1.82) is 0 Å². The maximum absolute atomic E-state index is 13.4. The van der Waals surface area contributed by atoms with Gasteiger partial charge in [0.25, 0.3) is 11.8 Å². The minimum atomic E-state index is -0.00148. The van der Waals surface area contributed by atoms with Crippen molar-refractivity contribution < 1.29 is 9.59 Å². The molecule has 1 saturated heterocycles. The molecular formula is C25H29N3O2. The number of para-hydroxylation sites is 1. The van der Waals surface area contributed by atoms with Crippen molar-refractivity contribution in [3.63, 3.8) is 0 Å². The number of rotatable bonds is 3. The van der Waals surface area contributed by atoms with E-state index in [4.69, 9.17) is 0 Å². The van der Waals surface area contributed by atoms with E-state index in [-0.39, 0.29) is 11.8 Å². The summed E-state index contributed by atoms with van der Waals surface area (Å²) < 4.78 is 0. The Hall–Kier alpha value is -2.82. The van der Waals surface area contributed by atoms with E-state index in [1.54, 1.807) is 0 Å². The summed E-state index contributed by atoms with van der Waals surface area (Å²) in [5, 5.41) is 0. The van der Waals surface area contributed by atoms with Crippen molar-refractivity contribution in [2.24, 2.45) is 0 Å². The third-order valence-corrected chi connectivity index (χ3v) is 6.90. The van der Waals surface area contributed by atoms with Crippen molar-refractivity contribution in [2.75, 3.05) is 31.1 Å². The molecule has 2 aliphatic heterocycles. The van der Waals surface area contributed by atoms with Gasteiger partial charge in [-0.1, -0.05) is 49.6 Å². The number of piperazine rings is 1. The lowest BCUT2D eigenvalue weighted by Gasteiger charge is -2.36. The molecule has 5 heteroatoms. The lowest BCUT2D eigenvalue weighted by Crippen LogP contribution is -2.49. The Kier molecular flexibility index (Phi) is 5.19. The van der Waals surface area contributed by atoms with Gasteiger partial charge in [-0.05, 0) is 36.6 Å². The van der Waals surface area contributed by atoms with Gasteiger partial charge in [0.15, 0.2) is 0 Å². The predicted octanol–water partition coefficient (Wildman–Crippen LogP) is 3.94. The monoisotopic (exact) mass is 403 g/mol. The van der Waals surface area contributed by atoms with Crippen LogP contribution in [-0.2, 0) is 6.54 Å². The van der Waals surface area contributed by atoms with Gasteiger partial charge < -0.3 is 14.7 Å². The number of carbonyl (C=O) groups is 2. The lowest BCUT2D eigenvalue weighted by atomic mass is 9.94. The minimum Gasteiger partial charge on any atom is -0.368 e. The zero-order chi connectivity index (χ0) is 20.5. The maximum Gasteiger partial charge on any atom is 0.255 e. The molecule has 2 aromatic carbocycles. The summed E-state index contributed by atoms with van der Waals surface area (Å²) >= 11 is 0. The normalized spacial score (nSPS) is 19.9. The number of anilines is 1. The van der Waals surface area contributed by atoms with Gasteiger partial charge in [0.1, 0.15) is 0 Å². The molecule has 0 unspecified atom stereocenters. The van der Waals surface area contributed by atoms with Crippen LogP contribution in [0.4, 0.5) is 5.69 Å². The van der Waals surface area contributed by atoms with E-state index in [0.29, 0.717) is 36.8 Å². The molecular weight excluding hydrogens is 374 g/mol. The standard InChI is InChI=1S/C25H29N3O2/c29-24(27-16-14-26(15-17-27)20-9-3-1-4-10-20)22-13-7-8-19-18-28(25(30)23(19)22)21-11-5-2-6-12-21/h1,3-4,7-10,13,21H,2,5-6,11-12,14-18H2. The fraction of sp³-hybridized carbons (Fsp3) is 0.440. The van der Waals surface area contributed by atoms with Crippen LogP contribution in [0.25, 0.3) is 0 Å². The van der Waals surface area contributed by atoms with Crippen LogP contribution in [0, 0.1) is 0 Å². The fourth-order valence-electron chi connectivity index (χ4n) is 5.23. The first-order valence-electron chi connectivity index (χ1n) is 11.2. The van der Waals surface area contributed by atoms with Gasteiger partial charge in [-0.15, -0.1) is 0 Å². The second-order valence-electron chi connectivity index (χ2n) is 8.68. The minimum absolute atomic E-state index is 0.00148. The highest BCUT2D eigenvalue weighted by atomic mass is 16.2. The number of benzene rings is 2. The van der Waals surface area contributed by atoms with E-state index in [9.17, 15) is 9.59 Å². The van der Waals surface area contributed by atoms with E-state index in [0.717, 1.165) is 31.5 Å². The quantitative estimate of drug-likeness (QED) is 0.780. The number of carbonyl (C=O) groups excluding carboxylic acids is 2. The number of hydrogen-bond acceptors (Lipinski definition) is 3. The van der Waals surface area contributed by atoms with Crippen LogP contribution in [0.5, 0.6) is 0 Å². The van der Waals surface area contributed by atoms with Gasteiger partial charge >= 0.3 is 0 Å². The highest BCUT2D eigenvalue weighted by Crippen LogP contribution is 2.33. The summed E-state index contributed by atoms with van der Waals surface area (Å²) in [4.78, 5) is 32.9. The SMILES string of the molecule is O=C(c1cccc2c1C(=O)N(C1CCCCC1)C2)N1CCN(c2ccccc2)CC1. The summed E-state index contributed by atoms with van der Waals surface area (Å²) in [5.74, 6) is 0.0576. The molecule has 1 aliphatic carbocycles.